The van der Waals surface area contributed by atoms with Crippen LogP contribution in [-0.2, 0) is 0 Å². The van der Waals surface area contributed by atoms with Gasteiger partial charge in [0, 0.05) is 10.6 Å². The molecule has 0 spiro atoms. The number of aromatic nitrogens is 1. The monoisotopic (exact) mass is 291 g/mol. The molecule has 0 radical (unpaired) electrons. The summed E-state index contributed by atoms with van der Waals surface area (Å²) in [7, 11) is 0. The maximum atomic E-state index is 13.7. The van der Waals surface area contributed by atoms with Gasteiger partial charge in [0.25, 0.3) is 0 Å². The van der Waals surface area contributed by atoms with Crippen molar-refractivity contribution in [3.63, 3.8) is 0 Å². The Labute approximate surface area is 116 Å². The molecule has 6 heteroatoms. The van der Waals surface area contributed by atoms with Gasteiger partial charge in [0.05, 0.1) is 11.1 Å². The smallest absolute Gasteiger partial charge is 0.408 e. The molecule has 0 saturated carbocycles. The SMILES string of the molecule is O=C(c1ccc2[nH]c(=O)oc2c1)c1cc(Cl)ccc1F. The molecule has 3 aromatic rings. The summed E-state index contributed by atoms with van der Waals surface area (Å²) in [5.41, 5.74) is 0.789. The number of oxazole rings is 1. The minimum atomic E-state index is -0.657. The van der Waals surface area contributed by atoms with Crippen LogP contribution in [0.25, 0.3) is 11.1 Å². The number of hydrogen-bond donors (Lipinski definition) is 1. The first-order valence-electron chi connectivity index (χ1n) is 5.67. The molecule has 0 atom stereocenters. The van der Waals surface area contributed by atoms with Gasteiger partial charge in [-0.1, -0.05) is 11.6 Å². The van der Waals surface area contributed by atoms with E-state index in [-0.39, 0.29) is 21.7 Å². The van der Waals surface area contributed by atoms with E-state index in [1.807, 2.05) is 0 Å². The molecule has 4 nitrogen and oxygen atoms in total. The number of nitrogens with one attached hydrogen (secondary N) is 1. The normalized spacial score (nSPS) is 10.9. The van der Waals surface area contributed by atoms with Gasteiger partial charge in [0.1, 0.15) is 5.82 Å². The molecule has 2 aromatic carbocycles. The van der Waals surface area contributed by atoms with Crippen LogP contribution >= 0.6 is 11.6 Å². The summed E-state index contributed by atoms with van der Waals surface area (Å²) in [5.74, 6) is -1.80. The predicted octanol–water partition coefficient (Wildman–Crippen LogP) is 3.14. The second-order valence-corrected chi connectivity index (χ2v) is 4.62. The molecule has 100 valence electrons. The number of fused-ring (bicyclic) bond motifs is 1. The van der Waals surface area contributed by atoms with Gasteiger partial charge in [-0.15, -0.1) is 0 Å². The Balaban J connectivity index is 2.12. The molecule has 0 bridgehead atoms. The summed E-state index contributed by atoms with van der Waals surface area (Å²) in [5, 5.41) is 0.268. The van der Waals surface area contributed by atoms with E-state index in [4.69, 9.17) is 16.0 Å². The van der Waals surface area contributed by atoms with Crippen molar-refractivity contribution >= 4 is 28.5 Å². The molecule has 0 amide bonds. The molecule has 20 heavy (non-hydrogen) atoms. The number of rotatable bonds is 2. The maximum absolute atomic E-state index is 13.7. The van der Waals surface area contributed by atoms with E-state index in [1.54, 1.807) is 0 Å². The van der Waals surface area contributed by atoms with Crippen LogP contribution in [-0.4, -0.2) is 10.8 Å². The molecular weight excluding hydrogens is 285 g/mol. The van der Waals surface area contributed by atoms with Gasteiger partial charge in [-0.05, 0) is 36.4 Å². The molecule has 1 heterocycles. The zero-order valence-electron chi connectivity index (χ0n) is 9.94. The van der Waals surface area contributed by atoms with Gasteiger partial charge >= 0.3 is 5.76 Å². The van der Waals surface area contributed by atoms with E-state index >= 15 is 0 Å². The average molecular weight is 292 g/mol. The third-order valence-corrected chi connectivity index (χ3v) is 3.09. The van der Waals surface area contributed by atoms with Gasteiger partial charge in [-0.3, -0.25) is 9.78 Å². The topological polar surface area (TPSA) is 63.1 Å². The molecule has 0 aliphatic carbocycles. The van der Waals surface area contributed by atoms with Crippen LogP contribution in [0.3, 0.4) is 0 Å². The van der Waals surface area contributed by atoms with Gasteiger partial charge in [-0.25, -0.2) is 9.18 Å². The minimum Gasteiger partial charge on any atom is -0.408 e. The zero-order valence-corrected chi connectivity index (χ0v) is 10.7. The van der Waals surface area contributed by atoms with Crippen LogP contribution in [0.5, 0.6) is 0 Å². The molecule has 0 unspecified atom stereocenters. The Bertz CT molecular complexity index is 882. The van der Waals surface area contributed by atoms with Crippen molar-refractivity contribution in [2.24, 2.45) is 0 Å². The van der Waals surface area contributed by atoms with Crippen molar-refractivity contribution in [2.75, 3.05) is 0 Å². The minimum absolute atomic E-state index is 0.130. The standard InChI is InChI=1S/C14H7ClFNO3/c15-8-2-3-10(16)9(6-8)13(18)7-1-4-11-12(5-7)20-14(19)17-11/h1-6H,(H,17,19). The van der Waals surface area contributed by atoms with E-state index in [1.165, 1.54) is 30.3 Å². The second kappa shape index (κ2) is 4.61. The first-order valence-corrected chi connectivity index (χ1v) is 6.05. The van der Waals surface area contributed by atoms with E-state index in [0.717, 1.165) is 6.07 Å². The Morgan fingerprint density at radius 1 is 1.20 bits per heavy atom. The Hall–Kier alpha value is -2.40. The summed E-state index contributed by atoms with van der Waals surface area (Å²) in [6.07, 6.45) is 0. The molecule has 1 aromatic heterocycles. The van der Waals surface area contributed by atoms with Crippen LogP contribution in [0.4, 0.5) is 4.39 Å². The van der Waals surface area contributed by atoms with Crippen LogP contribution in [0.2, 0.25) is 5.02 Å². The maximum Gasteiger partial charge on any atom is 0.417 e. The van der Waals surface area contributed by atoms with Crippen LogP contribution in [0.15, 0.2) is 45.6 Å². The number of carbonyl (C=O) groups is 1. The largest absolute Gasteiger partial charge is 0.417 e. The number of ketones is 1. The second-order valence-electron chi connectivity index (χ2n) is 4.18. The summed E-state index contributed by atoms with van der Waals surface area (Å²) in [6.45, 7) is 0. The molecule has 0 aliphatic rings. The van der Waals surface area contributed by atoms with Crippen LogP contribution in [0, 0.1) is 5.82 Å². The average Bonchev–Trinajstić information content (AvgIpc) is 2.79. The summed E-state index contributed by atoms with van der Waals surface area (Å²) < 4.78 is 18.5. The molecule has 0 aliphatic heterocycles. The highest BCUT2D eigenvalue weighted by Crippen LogP contribution is 2.20. The van der Waals surface area contributed by atoms with Gasteiger partial charge < -0.3 is 4.42 Å². The van der Waals surface area contributed by atoms with E-state index in [2.05, 4.69) is 4.98 Å². The van der Waals surface area contributed by atoms with E-state index < -0.39 is 17.4 Å². The third kappa shape index (κ3) is 2.12. The molecule has 0 fully saturated rings. The summed E-state index contributed by atoms with van der Waals surface area (Å²) in [6, 6.07) is 8.14. The number of carbonyl (C=O) groups excluding carboxylic acids is 1. The lowest BCUT2D eigenvalue weighted by molar-refractivity contribution is 0.103. The van der Waals surface area contributed by atoms with Crippen molar-refractivity contribution in [1.29, 1.82) is 0 Å². The molecule has 0 saturated heterocycles. The molecule has 3 rings (SSSR count). The number of H-pyrrole nitrogens is 1. The van der Waals surface area contributed by atoms with Gasteiger partial charge in [0.2, 0.25) is 0 Å². The Kier molecular flexibility index (Phi) is 2.91. The fraction of sp³-hybridized carbons (Fsp3) is 0. The highest BCUT2D eigenvalue weighted by Gasteiger charge is 2.16. The fourth-order valence-electron chi connectivity index (χ4n) is 1.91. The first kappa shape index (κ1) is 12.6. The number of aromatic amines is 1. The number of halogens is 2. The van der Waals surface area contributed by atoms with Crippen LogP contribution in [0.1, 0.15) is 15.9 Å². The van der Waals surface area contributed by atoms with Gasteiger partial charge in [-0.2, -0.15) is 0 Å². The summed E-state index contributed by atoms with van der Waals surface area (Å²) in [4.78, 5) is 25.8. The van der Waals surface area contributed by atoms with Crippen LogP contribution < -0.4 is 5.76 Å². The lowest BCUT2D eigenvalue weighted by Gasteiger charge is -2.03. The third-order valence-electron chi connectivity index (χ3n) is 2.86. The highest BCUT2D eigenvalue weighted by molar-refractivity contribution is 6.31. The number of hydrogen-bond acceptors (Lipinski definition) is 3. The molecule has 1 N–H and O–H groups in total. The first-order chi connectivity index (χ1) is 9.54. The quantitative estimate of drug-likeness (QED) is 0.738. The van der Waals surface area contributed by atoms with Crippen molar-refractivity contribution in [1.82, 2.24) is 4.98 Å². The fourth-order valence-corrected chi connectivity index (χ4v) is 2.09. The predicted molar refractivity (Wildman–Crippen MR) is 71.7 cm³/mol. The Morgan fingerprint density at radius 2 is 2.00 bits per heavy atom. The molecular formula is C14H7ClFNO3. The van der Waals surface area contributed by atoms with Crippen molar-refractivity contribution in [2.45, 2.75) is 0 Å². The van der Waals surface area contributed by atoms with E-state index in [0.29, 0.717) is 5.52 Å². The van der Waals surface area contributed by atoms with E-state index in [9.17, 15) is 14.0 Å². The zero-order chi connectivity index (χ0) is 14.3. The summed E-state index contributed by atoms with van der Waals surface area (Å²) >= 11 is 5.76. The Morgan fingerprint density at radius 3 is 2.80 bits per heavy atom. The lowest BCUT2D eigenvalue weighted by atomic mass is 10.0. The van der Waals surface area contributed by atoms with Crippen molar-refractivity contribution in [3.05, 3.63) is 68.9 Å². The number of benzene rings is 2. The van der Waals surface area contributed by atoms with Crippen molar-refractivity contribution < 1.29 is 13.6 Å². The highest BCUT2D eigenvalue weighted by atomic mass is 35.5. The van der Waals surface area contributed by atoms with Gasteiger partial charge in [0.15, 0.2) is 11.4 Å². The van der Waals surface area contributed by atoms with Crippen molar-refractivity contribution in [3.8, 4) is 0 Å². The lowest BCUT2D eigenvalue weighted by Crippen LogP contribution is -2.04.